The van der Waals surface area contributed by atoms with Crippen LogP contribution in [0.3, 0.4) is 0 Å². The lowest BCUT2D eigenvalue weighted by molar-refractivity contribution is 0.531. The highest BCUT2D eigenvalue weighted by Crippen LogP contribution is 2.22. The van der Waals surface area contributed by atoms with Gasteiger partial charge in [-0.3, -0.25) is 0 Å². The number of benzene rings is 1. The van der Waals surface area contributed by atoms with E-state index in [9.17, 15) is 0 Å². The van der Waals surface area contributed by atoms with Gasteiger partial charge in [-0.2, -0.15) is 0 Å². The summed E-state index contributed by atoms with van der Waals surface area (Å²) in [6.07, 6.45) is 11.6. The number of hydrogen-bond acceptors (Lipinski definition) is 1. The van der Waals surface area contributed by atoms with Crippen LogP contribution < -0.4 is 5.32 Å². The van der Waals surface area contributed by atoms with Crippen LogP contribution >= 0.6 is 0 Å². The van der Waals surface area contributed by atoms with Crippen LogP contribution in [-0.2, 0) is 6.42 Å². The van der Waals surface area contributed by atoms with Crippen LogP contribution in [0.4, 0.5) is 0 Å². The van der Waals surface area contributed by atoms with Crippen LogP contribution in [-0.4, -0.2) is 12.6 Å². The van der Waals surface area contributed by atoms with Gasteiger partial charge in [-0.25, -0.2) is 0 Å². The predicted octanol–water partition coefficient (Wildman–Crippen LogP) is 4.80. The lowest BCUT2D eigenvalue weighted by Gasteiger charge is -2.21. The molecule has 0 fully saturated rings. The fourth-order valence-corrected chi connectivity index (χ4v) is 3.20. The first-order valence-corrected chi connectivity index (χ1v) is 8.27. The molecular formula is C19H29N. The quantitative estimate of drug-likeness (QED) is 0.733. The number of rotatable bonds is 6. The molecule has 110 valence electrons. The Bertz CT molecular complexity index is 433. The van der Waals surface area contributed by atoms with Crippen LogP contribution in [0.25, 0.3) is 0 Å². The number of aryl methyl sites for hydroxylation is 2. The summed E-state index contributed by atoms with van der Waals surface area (Å²) < 4.78 is 0. The topological polar surface area (TPSA) is 12.0 Å². The van der Waals surface area contributed by atoms with Crippen LogP contribution in [0.15, 0.2) is 35.9 Å². The van der Waals surface area contributed by atoms with Gasteiger partial charge >= 0.3 is 0 Å². The summed E-state index contributed by atoms with van der Waals surface area (Å²) in [7, 11) is 0. The summed E-state index contributed by atoms with van der Waals surface area (Å²) in [5.74, 6) is 0. The fraction of sp³-hybridized carbons (Fsp3) is 0.579. The summed E-state index contributed by atoms with van der Waals surface area (Å²) >= 11 is 0. The summed E-state index contributed by atoms with van der Waals surface area (Å²) in [6.45, 7) is 5.46. The lowest BCUT2D eigenvalue weighted by atomic mass is 9.95. The standard InChI is InChI=1S/C19H29N/c1-3-20-19(18-11-6-4-5-7-12-18)14-13-17-10-8-9-16(2)15-17/h8-11,15,19-20H,3-7,12-14H2,1-2H3. The summed E-state index contributed by atoms with van der Waals surface area (Å²) in [5.41, 5.74) is 4.51. The van der Waals surface area contributed by atoms with E-state index in [0.717, 1.165) is 6.54 Å². The van der Waals surface area contributed by atoms with E-state index in [4.69, 9.17) is 0 Å². The Morgan fingerprint density at radius 3 is 2.90 bits per heavy atom. The number of hydrogen-bond donors (Lipinski definition) is 1. The monoisotopic (exact) mass is 271 g/mol. The van der Waals surface area contributed by atoms with Gasteiger partial charge in [0.15, 0.2) is 0 Å². The second-order valence-electron chi connectivity index (χ2n) is 6.02. The Labute approximate surface area is 124 Å². The summed E-state index contributed by atoms with van der Waals surface area (Å²) in [4.78, 5) is 0. The van der Waals surface area contributed by atoms with Crippen LogP contribution in [0.5, 0.6) is 0 Å². The average molecular weight is 271 g/mol. The Morgan fingerprint density at radius 1 is 1.20 bits per heavy atom. The van der Waals surface area contributed by atoms with E-state index in [1.54, 1.807) is 5.57 Å². The molecule has 0 aliphatic heterocycles. The van der Waals surface area contributed by atoms with Crippen molar-refractivity contribution < 1.29 is 0 Å². The number of nitrogens with one attached hydrogen (secondary N) is 1. The van der Waals surface area contributed by atoms with Gasteiger partial charge in [0.25, 0.3) is 0 Å². The van der Waals surface area contributed by atoms with Gasteiger partial charge in [0.1, 0.15) is 0 Å². The third kappa shape index (κ3) is 4.79. The molecule has 0 radical (unpaired) electrons. The molecule has 1 unspecified atom stereocenters. The molecule has 1 aromatic rings. The minimum Gasteiger partial charge on any atom is -0.311 e. The molecule has 2 rings (SSSR count). The molecule has 0 spiro atoms. The van der Waals surface area contributed by atoms with E-state index < -0.39 is 0 Å². The van der Waals surface area contributed by atoms with Crippen molar-refractivity contribution in [3.05, 3.63) is 47.0 Å². The SMILES string of the molecule is CCNC(CCc1cccc(C)c1)C1=CCCCCC1. The van der Waals surface area contributed by atoms with Crippen molar-refractivity contribution in [1.29, 1.82) is 0 Å². The van der Waals surface area contributed by atoms with Gasteiger partial charge < -0.3 is 5.32 Å². The predicted molar refractivity (Wildman–Crippen MR) is 88.1 cm³/mol. The molecular weight excluding hydrogens is 242 g/mol. The molecule has 0 aromatic heterocycles. The average Bonchev–Trinajstić information content (AvgIpc) is 2.72. The third-order valence-electron chi connectivity index (χ3n) is 4.28. The fourth-order valence-electron chi connectivity index (χ4n) is 3.20. The minimum absolute atomic E-state index is 0.582. The first-order chi connectivity index (χ1) is 9.79. The van der Waals surface area contributed by atoms with Crippen molar-refractivity contribution in [2.45, 2.75) is 64.8 Å². The molecule has 0 saturated heterocycles. The van der Waals surface area contributed by atoms with E-state index in [1.807, 2.05) is 0 Å². The van der Waals surface area contributed by atoms with E-state index in [-0.39, 0.29) is 0 Å². The van der Waals surface area contributed by atoms with Crippen LogP contribution in [0.1, 0.15) is 56.6 Å². The zero-order valence-electron chi connectivity index (χ0n) is 13.1. The first kappa shape index (κ1) is 15.3. The van der Waals surface area contributed by atoms with Crippen molar-refractivity contribution >= 4 is 0 Å². The maximum Gasteiger partial charge on any atom is 0.0282 e. The van der Waals surface area contributed by atoms with E-state index >= 15 is 0 Å². The third-order valence-corrected chi connectivity index (χ3v) is 4.28. The number of likely N-dealkylation sites (N-methyl/N-ethyl adjacent to an activating group) is 1. The molecule has 1 aliphatic rings. The highest BCUT2D eigenvalue weighted by atomic mass is 14.9. The van der Waals surface area contributed by atoms with Gasteiger partial charge in [-0.15, -0.1) is 0 Å². The Kier molecular flexibility index (Phi) is 6.32. The van der Waals surface area contributed by atoms with Gasteiger partial charge in [0.2, 0.25) is 0 Å². The van der Waals surface area contributed by atoms with E-state index in [1.165, 1.54) is 56.1 Å². The summed E-state index contributed by atoms with van der Waals surface area (Å²) in [5, 5.41) is 3.70. The molecule has 1 aromatic carbocycles. The molecule has 0 saturated carbocycles. The van der Waals surface area contributed by atoms with Crippen molar-refractivity contribution in [2.75, 3.05) is 6.54 Å². The zero-order valence-corrected chi connectivity index (χ0v) is 13.1. The van der Waals surface area contributed by atoms with Gasteiger partial charge in [-0.1, -0.05) is 54.8 Å². The maximum absolute atomic E-state index is 3.70. The van der Waals surface area contributed by atoms with E-state index in [0.29, 0.717) is 6.04 Å². The smallest absolute Gasteiger partial charge is 0.0282 e. The van der Waals surface area contributed by atoms with Crippen LogP contribution in [0.2, 0.25) is 0 Å². The molecule has 1 heteroatoms. The van der Waals surface area contributed by atoms with E-state index in [2.05, 4.69) is 49.5 Å². The number of allylic oxidation sites excluding steroid dienone is 1. The Hall–Kier alpha value is -1.08. The summed E-state index contributed by atoms with van der Waals surface area (Å²) in [6, 6.07) is 9.53. The van der Waals surface area contributed by atoms with Crippen molar-refractivity contribution in [1.82, 2.24) is 5.32 Å². The Balaban J connectivity index is 1.96. The lowest BCUT2D eigenvalue weighted by Crippen LogP contribution is -2.31. The molecule has 0 amide bonds. The van der Waals surface area contributed by atoms with Crippen molar-refractivity contribution in [2.24, 2.45) is 0 Å². The van der Waals surface area contributed by atoms with Gasteiger partial charge in [-0.05, 0) is 57.6 Å². The van der Waals surface area contributed by atoms with Crippen molar-refractivity contribution in [3.8, 4) is 0 Å². The maximum atomic E-state index is 3.70. The molecule has 1 aliphatic carbocycles. The second-order valence-corrected chi connectivity index (χ2v) is 6.02. The Morgan fingerprint density at radius 2 is 2.10 bits per heavy atom. The molecule has 1 nitrogen and oxygen atoms in total. The highest BCUT2D eigenvalue weighted by molar-refractivity contribution is 5.23. The molecule has 1 atom stereocenters. The molecule has 0 bridgehead atoms. The highest BCUT2D eigenvalue weighted by Gasteiger charge is 2.14. The molecule has 1 N–H and O–H groups in total. The largest absolute Gasteiger partial charge is 0.311 e. The van der Waals surface area contributed by atoms with Gasteiger partial charge in [0.05, 0.1) is 0 Å². The molecule has 20 heavy (non-hydrogen) atoms. The minimum atomic E-state index is 0.582. The zero-order chi connectivity index (χ0) is 14.2. The van der Waals surface area contributed by atoms with Gasteiger partial charge in [0, 0.05) is 6.04 Å². The molecule has 0 heterocycles. The van der Waals surface area contributed by atoms with Crippen LogP contribution in [0, 0.1) is 6.92 Å². The first-order valence-electron chi connectivity index (χ1n) is 8.27. The van der Waals surface area contributed by atoms with Crippen molar-refractivity contribution in [3.63, 3.8) is 0 Å². The normalized spacial score (nSPS) is 17.4. The second kappa shape index (κ2) is 8.26.